The first kappa shape index (κ1) is 27.4. The molecule has 5 nitrogen and oxygen atoms in total. The Bertz CT molecular complexity index is 523. The predicted molar refractivity (Wildman–Crippen MR) is 120 cm³/mol. The molecule has 0 amide bonds. The zero-order valence-electron chi connectivity index (χ0n) is 19.6. The van der Waals surface area contributed by atoms with Crippen molar-refractivity contribution in [1.29, 1.82) is 0 Å². The zero-order valence-corrected chi connectivity index (χ0v) is 19.6. The maximum Gasteiger partial charge on any atom is 0.335 e. The van der Waals surface area contributed by atoms with E-state index in [4.69, 9.17) is 9.47 Å². The van der Waals surface area contributed by atoms with E-state index in [1.807, 2.05) is 14.1 Å². The van der Waals surface area contributed by atoms with Crippen LogP contribution in [0.2, 0.25) is 0 Å². The Morgan fingerprint density at radius 2 is 1.24 bits per heavy atom. The monoisotopic (exact) mass is 409 g/mol. The standard InChI is InChI=1S/C24H43NO4/c1-7-8-9-10-11-12-13-14-15-16-19-28-23(26)20(2)17-18-21(3)24(27)29-22(4)25(5)6/h17-18,22H,7-16,19H2,1-6H3/b20-17+,21-18+. The summed E-state index contributed by atoms with van der Waals surface area (Å²) in [6.45, 7) is 7.86. The van der Waals surface area contributed by atoms with E-state index in [2.05, 4.69) is 6.92 Å². The molecule has 0 aliphatic carbocycles. The third kappa shape index (κ3) is 15.0. The molecule has 0 aromatic rings. The van der Waals surface area contributed by atoms with Gasteiger partial charge in [-0.05, 0) is 41.3 Å². The number of ether oxygens (including phenoxy) is 2. The van der Waals surface area contributed by atoms with Crippen molar-refractivity contribution in [3.8, 4) is 0 Å². The highest BCUT2D eigenvalue weighted by molar-refractivity contribution is 5.90. The van der Waals surface area contributed by atoms with Gasteiger partial charge in [-0.15, -0.1) is 0 Å². The number of unbranched alkanes of at least 4 members (excludes halogenated alkanes) is 9. The molecule has 0 aliphatic heterocycles. The van der Waals surface area contributed by atoms with E-state index in [1.54, 1.807) is 37.8 Å². The van der Waals surface area contributed by atoms with E-state index in [0.29, 0.717) is 17.8 Å². The van der Waals surface area contributed by atoms with Crippen LogP contribution < -0.4 is 0 Å². The molecule has 0 bridgehead atoms. The fourth-order valence-electron chi connectivity index (χ4n) is 2.61. The normalized spacial score (nSPS) is 13.5. The van der Waals surface area contributed by atoms with Gasteiger partial charge in [-0.2, -0.15) is 0 Å². The molecule has 1 atom stereocenters. The molecule has 1 unspecified atom stereocenters. The summed E-state index contributed by atoms with van der Waals surface area (Å²) in [6.07, 6.45) is 15.4. The third-order valence-electron chi connectivity index (χ3n) is 4.96. The molecule has 0 aromatic carbocycles. The number of carbonyl (C=O) groups excluding carboxylic acids is 2. The maximum absolute atomic E-state index is 12.0. The lowest BCUT2D eigenvalue weighted by Crippen LogP contribution is -2.30. The van der Waals surface area contributed by atoms with Crippen molar-refractivity contribution in [2.24, 2.45) is 0 Å². The van der Waals surface area contributed by atoms with Crippen molar-refractivity contribution in [3.63, 3.8) is 0 Å². The minimum absolute atomic E-state index is 0.304. The van der Waals surface area contributed by atoms with Crippen LogP contribution in [-0.4, -0.2) is 43.8 Å². The second kappa shape index (κ2) is 17.3. The molecule has 29 heavy (non-hydrogen) atoms. The molecule has 0 aliphatic rings. The Hall–Kier alpha value is -1.62. The number of hydrogen-bond acceptors (Lipinski definition) is 5. The van der Waals surface area contributed by atoms with Gasteiger partial charge in [0.15, 0.2) is 6.23 Å². The first-order valence-electron chi connectivity index (χ1n) is 11.2. The van der Waals surface area contributed by atoms with Crippen LogP contribution in [0.5, 0.6) is 0 Å². The lowest BCUT2D eigenvalue weighted by atomic mass is 10.1. The van der Waals surface area contributed by atoms with Crippen LogP contribution in [-0.2, 0) is 19.1 Å². The molecule has 168 valence electrons. The molecule has 0 radical (unpaired) electrons. The van der Waals surface area contributed by atoms with Gasteiger partial charge < -0.3 is 9.47 Å². The second-order valence-electron chi connectivity index (χ2n) is 7.99. The second-order valence-corrected chi connectivity index (χ2v) is 7.99. The first-order valence-corrected chi connectivity index (χ1v) is 11.2. The van der Waals surface area contributed by atoms with Crippen molar-refractivity contribution >= 4 is 11.9 Å². The fraction of sp³-hybridized carbons (Fsp3) is 0.750. The summed E-state index contributed by atoms with van der Waals surface area (Å²) in [4.78, 5) is 25.8. The topological polar surface area (TPSA) is 55.8 Å². The number of esters is 2. The number of allylic oxidation sites excluding steroid dienone is 2. The van der Waals surface area contributed by atoms with E-state index < -0.39 is 5.97 Å². The van der Waals surface area contributed by atoms with E-state index in [0.717, 1.165) is 12.8 Å². The summed E-state index contributed by atoms with van der Waals surface area (Å²) in [6, 6.07) is 0. The van der Waals surface area contributed by atoms with Crippen LogP contribution in [0.15, 0.2) is 23.3 Å². The Kier molecular flexibility index (Phi) is 16.3. The summed E-state index contributed by atoms with van der Waals surface area (Å²) in [5.74, 6) is -0.728. The molecule has 0 aromatic heterocycles. The van der Waals surface area contributed by atoms with Crippen LogP contribution in [0.3, 0.4) is 0 Å². The lowest BCUT2D eigenvalue weighted by molar-refractivity contribution is -0.150. The molecular weight excluding hydrogens is 366 g/mol. The van der Waals surface area contributed by atoms with Gasteiger partial charge in [-0.3, -0.25) is 4.90 Å². The Labute approximate surface area is 178 Å². The van der Waals surface area contributed by atoms with Gasteiger partial charge >= 0.3 is 11.9 Å². The van der Waals surface area contributed by atoms with Crippen LogP contribution in [0.25, 0.3) is 0 Å². The summed E-state index contributed by atoms with van der Waals surface area (Å²) in [5.41, 5.74) is 0.922. The van der Waals surface area contributed by atoms with E-state index in [1.165, 1.54) is 51.4 Å². The van der Waals surface area contributed by atoms with Gasteiger partial charge in [0.05, 0.1) is 6.61 Å². The molecule has 0 spiro atoms. The van der Waals surface area contributed by atoms with Crippen molar-refractivity contribution in [2.75, 3.05) is 20.7 Å². The zero-order chi connectivity index (χ0) is 22.1. The SMILES string of the molecule is CCCCCCCCCCCCOC(=O)/C(C)=C/C=C(\C)C(=O)OC(C)N(C)C. The highest BCUT2D eigenvalue weighted by atomic mass is 16.6. The summed E-state index contributed by atoms with van der Waals surface area (Å²) in [5, 5.41) is 0. The summed E-state index contributed by atoms with van der Waals surface area (Å²) < 4.78 is 10.6. The highest BCUT2D eigenvalue weighted by Crippen LogP contribution is 2.11. The number of hydrogen-bond donors (Lipinski definition) is 0. The van der Waals surface area contributed by atoms with Crippen LogP contribution in [0.1, 0.15) is 91.9 Å². The third-order valence-corrected chi connectivity index (χ3v) is 4.96. The summed E-state index contributed by atoms with van der Waals surface area (Å²) in [7, 11) is 3.68. The van der Waals surface area contributed by atoms with Crippen molar-refractivity contribution in [2.45, 2.75) is 98.1 Å². The van der Waals surface area contributed by atoms with Crippen LogP contribution in [0.4, 0.5) is 0 Å². The highest BCUT2D eigenvalue weighted by Gasteiger charge is 2.12. The molecular formula is C24H43NO4. The largest absolute Gasteiger partial charge is 0.462 e. The molecule has 0 N–H and O–H groups in total. The Morgan fingerprint density at radius 1 is 0.793 bits per heavy atom. The molecule has 0 fully saturated rings. The van der Waals surface area contributed by atoms with Gasteiger partial charge in [0.25, 0.3) is 0 Å². The molecule has 0 saturated heterocycles. The average molecular weight is 410 g/mol. The van der Waals surface area contributed by atoms with Crippen LogP contribution in [0, 0.1) is 0 Å². The van der Waals surface area contributed by atoms with E-state index in [9.17, 15) is 9.59 Å². The number of rotatable bonds is 16. The predicted octanol–water partition coefficient (Wildman–Crippen LogP) is 5.79. The Balaban J connectivity index is 3.96. The fourth-order valence-corrected chi connectivity index (χ4v) is 2.61. The minimum atomic E-state index is -0.394. The number of nitrogens with zero attached hydrogens (tertiary/aromatic N) is 1. The van der Waals surface area contributed by atoms with Crippen molar-refractivity contribution in [1.82, 2.24) is 4.90 Å². The van der Waals surface area contributed by atoms with Gasteiger partial charge in [0.2, 0.25) is 0 Å². The quantitative estimate of drug-likeness (QED) is 0.106. The molecule has 0 heterocycles. The molecule has 0 saturated carbocycles. The maximum atomic E-state index is 12.0. The van der Waals surface area contributed by atoms with E-state index >= 15 is 0 Å². The average Bonchev–Trinajstić information content (AvgIpc) is 2.69. The van der Waals surface area contributed by atoms with Gasteiger partial charge in [0.1, 0.15) is 0 Å². The number of carbonyl (C=O) groups is 2. The lowest BCUT2D eigenvalue weighted by Gasteiger charge is -2.19. The van der Waals surface area contributed by atoms with E-state index in [-0.39, 0.29) is 12.2 Å². The van der Waals surface area contributed by atoms with Crippen molar-refractivity contribution < 1.29 is 19.1 Å². The summed E-state index contributed by atoms with van der Waals surface area (Å²) >= 11 is 0. The minimum Gasteiger partial charge on any atom is -0.462 e. The molecule has 0 rings (SSSR count). The first-order chi connectivity index (χ1) is 13.8. The van der Waals surface area contributed by atoms with Crippen molar-refractivity contribution in [3.05, 3.63) is 23.3 Å². The van der Waals surface area contributed by atoms with Crippen LogP contribution >= 0.6 is 0 Å². The molecule has 5 heteroatoms. The Morgan fingerprint density at radius 3 is 1.72 bits per heavy atom. The smallest absolute Gasteiger partial charge is 0.335 e. The van der Waals surface area contributed by atoms with Gasteiger partial charge in [-0.1, -0.05) is 76.9 Å². The van der Waals surface area contributed by atoms with Gasteiger partial charge in [-0.25, -0.2) is 9.59 Å². The van der Waals surface area contributed by atoms with Gasteiger partial charge in [0, 0.05) is 11.1 Å².